The Morgan fingerprint density at radius 3 is 2.67 bits per heavy atom. The first kappa shape index (κ1) is 16.6. The third kappa shape index (κ3) is 3.99. The maximum absolute atomic E-state index is 9.68. The molecule has 1 aliphatic rings. The highest BCUT2D eigenvalue weighted by molar-refractivity contribution is 8.00. The molecule has 3 rings (SSSR count). The minimum atomic E-state index is 0.571. The van der Waals surface area contributed by atoms with Crippen LogP contribution in [0.4, 0.5) is 0 Å². The lowest BCUT2D eigenvalue weighted by molar-refractivity contribution is 0.516. The van der Waals surface area contributed by atoms with Gasteiger partial charge < -0.3 is 4.57 Å². The molecule has 0 N–H and O–H groups in total. The van der Waals surface area contributed by atoms with Gasteiger partial charge in [0.05, 0.1) is 23.5 Å². The highest BCUT2D eigenvalue weighted by Gasteiger charge is 2.19. The van der Waals surface area contributed by atoms with Crippen molar-refractivity contribution >= 4 is 11.8 Å². The normalized spacial score (nSPS) is 14.9. The number of nitriles is 2. The van der Waals surface area contributed by atoms with E-state index >= 15 is 0 Å². The van der Waals surface area contributed by atoms with Crippen molar-refractivity contribution in [3.63, 3.8) is 0 Å². The molecule has 1 aromatic carbocycles. The van der Waals surface area contributed by atoms with Gasteiger partial charge >= 0.3 is 0 Å². The molecule has 0 spiro atoms. The highest BCUT2D eigenvalue weighted by atomic mass is 32.2. The smallest absolute Gasteiger partial charge is 0.101 e. The summed E-state index contributed by atoms with van der Waals surface area (Å²) >= 11 is 1.79. The number of imidazole rings is 1. The van der Waals surface area contributed by atoms with Crippen molar-refractivity contribution in [1.29, 1.82) is 10.5 Å². The number of aryl methyl sites for hydroxylation is 2. The summed E-state index contributed by atoms with van der Waals surface area (Å²) in [4.78, 5) is 5.02. The fourth-order valence-electron chi connectivity index (χ4n) is 3.19. The lowest BCUT2D eigenvalue weighted by Crippen LogP contribution is -2.09. The molecule has 0 amide bonds. The van der Waals surface area contributed by atoms with Crippen molar-refractivity contribution in [3.8, 4) is 12.1 Å². The molecule has 0 radical (unpaired) electrons. The van der Waals surface area contributed by atoms with Crippen LogP contribution in [0.5, 0.6) is 0 Å². The SMILES string of the molecule is N#Cc1cc(CCn2ccnc2)c(C#N)c(SC2CCCCC2)c1. The summed E-state index contributed by atoms with van der Waals surface area (Å²) in [7, 11) is 0. The van der Waals surface area contributed by atoms with Gasteiger partial charge in [0.15, 0.2) is 0 Å². The molecular weight excluding hydrogens is 316 g/mol. The number of aromatic nitrogens is 2. The van der Waals surface area contributed by atoms with Crippen molar-refractivity contribution in [2.24, 2.45) is 0 Å². The van der Waals surface area contributed by atoms with Crippen LogP contribution in [0.1, 0.15) is 48.8 Å². The van der Waals surface area contributed by atoms with Crippen LogP contribution < -0.4 is 0 Å². The minimum absolute atomic E-state index is 0.571. The van der Waals surface area contributed by atoms with E-state index in [0.29, 0.717) is 10.8 Å². The van der Waals surface area contributed by atoms with E-state index in [1.807, 2.05) is 22.9 Å². The predicted molar refractivity (Wildman–Crippen MR) is 94.5 cm³/mol. The Kier molecular flexibility index (Phi) is 5.56. The largest absolute Gasteiger partial charge is 0.337 e. The van der Waals surface area contributed by atoms with Gasteiger partial charge in [-0.25, -0.2) is 4.98 Å². The molecule has 5 heteroatoms. The summed E-state index contributed by atoms with van der Waals surface area (Å²) in [5, 5.41) is 19.6. The van der Waals surface area contributed by atoms with Gasteiger partial charge in [0.1, 0.15) is 6.07 Å². The summed E-state index contributed by atoms with van der Waals surface area (Å²) in [6.45, 7) is 0.761. The summed E-state index contributed by atoms with van der Waals surface area (Å²) in [6.07, 6.45) is 12.4. The average molecular weight is 336 g/mol. The van der Waals surface area contributed by atoms with E-state index in [-0.39, 0.29) is 0 Å². The lowest BCUT2D eigenvalue weighted by atomic mass is 10.0. The predicted octanol–water partition coefficient (Wildman–Crippen LogP) is 4.29. The van der Waals surface area contributed by atoms with Crippen molar-refractivity contribution in [2.45, 2.75) is 55.2 Å². The number of thioether (sulfide) groups is 1. The molecule has 0 bridgehead atoms. The van der Waals surface area contributed by atoms with E-state index in [1.165, 1.54) is 32.1 Å². The summed E-state index contributed by atoms with van der Waals surface area (Å²) in [6, 6.07) is 8.38. The Morgan fingerprint density at radius 1 is 1.17 bits per heavy atom. The second-order valence-corrected chi connectivity index (χ2v) is 7.50. The molecule has 0 aliphatic heterocycles. The van der Waals surface area contributed by atoms with Crippen LogP contribution in [0, 0.1) is 22.7 Å². The fraction of sp³-hybridized carbons (Fsp3) is 0.421. The molecular formula is C19H20N4S. The number of nitrogens with zero attached hydrogens (tertiary/aromatic N) is 4. The van der Waals surface area contributed by atoms with Gasteiger partial charge in [-0.15, -0.1) is 11.8 Å². The van der Waals surface area contributed by atoms with Crippen LogP contribution in [0.3, 0.4) is 0 Å². The van der Waals surface area contributed by atoms with Gasteiger partial charge in [0.25, 0.3) is 0 Å². The van der Waals surface area contributed by atoms with Crippen LogP contribution in [0.2, 0.25) is 0 Å². The minimum Gasteiger partial charge on any atom is -0.337 e. The zero-order chi connectivity index (χ0) is 16.8. The second-order valence-electron chi connectivity index (χ2n) is 6.16. The fourth-order valence-corrected chi connectivity index (χ4v) is 4.60. The third-order valence-corrected chi connectivity index (χ3v) is 5.85. The van der Waals surface area contributed by atoms with Crippen LogP contribution in [0.15, 0.2) is 35.7 Å². The zero-order valence-electron chi connectivity index (χ0n) is 13.6. The van der Waals surface area contributed by atoms with E-state index in [9.17, 15) is 10.5 Å². The first-order valence-corrected chi connectivity index (χ1v) is 9.27. The van der Waals surface area contributed by atoms with Crippen LogP contribution >= 0.6 is 11.8 Å². The van der Waals surface area contributed by atoms with Gasteiger partial charge in [-0.2, -0.15) is 10.5 Å². The molecule has 1 saturated carbocycles. The third-order valence-electron chi connectivity index (χ3n) is 4.47. The first-order valence-electron chi connectivity index (χ1n) is 8.39. The van der Waals surface area contributed by atoms with Crippen molar-refractivity contribution in [1.82, 2.24) is 9.55 Å². The molecule has 0 saturated heterocycles. The van der Waals surface area contributed by atoms with Crippen LogP contribution in [0.25, 0.3) is 0 Å². The second kappa shape index (κ2) is 8.04. The van der Waals surface area contributed by atoms with Crippen molar-refractivity contribution in [2.75, 3.05) is 0 Å². The highest BCUT2D eigenvalue weighted by Crippen LogP contribution is 2.36. The number of benzene rings is 1. The van der Waals surface area contributed by atoms with Crippen molar-refractivity contribution in [3.05, 3.63) is 47.5 Å². The van der Waals surface area contributed by atoms with Crippen LogP contribution in [-0.2, 0) is 13.0 Å². The summed E-state index contributed by atoms with van der Waals surface area (Å²) < 4.78 is 1.99. The number of hydrogen-bond acceptors (Lipinski definition) is 4. The first-order chi connectivity index (χ1) is 11.8. The lowest BCUT2D eigenvalue weighted by Gasteiger charge is -2.22. The topological polar surface area (TPSA) is 65.4 Å². The van der Waals surface area contributed by atoms with Gasteiger partial charge in [0.2, 0.25) is 0 Å². The van der Waals surface area contributed by atoms with E-state index in [0.717, 1.165) is 29.0 Å². The number of rotatable bonds is 5. The van der Waals surface area contributed by atoms with Crippen LogP contribution in [-0.4, -0.2) is 14.8 Å². The Labute approximate surface area is 147 Å². The molecule has 1 aromatic heterocycles. The number of hydrogen-bond donors (Lipinski definition) is 0. The van der Waals surface area contributed by atoms with Gasteiger partial charge in [-0.1, -0.05) is 19.3 Å². The molecule has 0 atom stereocenters. The van der Waals surface area contributed by atoms with Gasteiger partial charge in [-0.3, -0.25) is 0 Å². The molecule has 2 aromatic rings. The zero-order valence-corrected chi connectivity index (χ0v) is 14.4. The summed E-state index contributed by atoms with van der Waals surface area (Å²) in [5.41, 5.74) is 2.35. The Hall–Kier alpha value is -2.24. The van der Waals surface area contributed by atoms with E-state index in [1.54, 1.807) is 24.3 Å². The molecule has 4 nitrogen and oxygen atoms in total. The maximum Gasteiger partial charge on any atom is 0.101 e. The average Bonchev–Trinajstić information content (AvgIpc) is 3.14. The quantitative estimate of drug-likeness (QED) is 0.817. The molecule has 1 fully saturated rings. The molecule has 122 valence electrons. The van der Waals surface area contributed by atoms with E-state index < -0.39 is 0 Å². The monoisotopic (exact) mass is 336 g/mol. The maximum atomic E-state index is 9.68. The van der Waals surface area contributed by atoms with E-state index in [4.69, 9.17) is 0 Å². The van der Waals surface area contributed by atoms with Crippen molar-refractivity contribution < 1.29 is 0 Å². The molecule has 1 aliphatic carbocycles. The molecule has 0 unspecified atom stereocenters. The van der Waals surface area contributed by atoms with Gasteiger partial charge in [0, 0.05) is 29.1 Å². The Morgan fingerprint density at radius 2 is 2.00 bits per heavy atom. The Bertz CT molecular complexity index is 762. The molecule has 1 heterocycles. The van der Waals surface area contributed by atoms with Gasteiger partial charge in [-0.05, 0) is 37.0 Å². The standard InChI is InChI=1S/C19H20N4S/c20-12-15-10-16(6-8-23-9-7-22-14-23)18(13-21)19(11-15)24-17-4-2-1-3-5-17/h7,9-11,14,17H,1-6,8H2. The van der Waals surface area contributed by atoms with E-state index in [2.05, 4.69) is 17.1 Å². The summed E-state index contributed by atoms with van der Waals surface area (Å²) in [5.74, 6) is 0. The Balaban J connectivity index is 1.85. The molecule has 24 heavy (non-hydrogen) atoms.